The van der Waals surface area contributed by atoms with Gasteiger partial charge in [-0.3, -0.25) is 4.90 Å². The van der Waals surface area contributed by atoms with Crippen LogP contribution in [-0.2, 0) is 6.54 Å². The van der Waals surface area contributed by atoms with Gasteiger partial charge in [-0.25, -0.2) is 4.79 Å². The molecule has 0 radical (unpaired) electrons. The van der Waals surface area contributed by atoms with Gasteiger partial charge in [-0.15, -0.1) is 0 Å². The minimum Gasteiger partial charge on any atom is -0.336 e. The van der Waals surface area contributed by atoms with Gasteiger partial charge in [0.15, 0.2) is 0 Å². The van der Waals surface area contributed by atoms with Gasteiger partial charge in [-0.1, -0.05) is 107 Å². The standard InChI is InChI=1S/C29H37N3O/c1-21(2)25-17-12-18-26(22(3)4)28(25)31-29(33)30-19-27(24-15-10-7-11-16-24)32(5)20-23-13-8-6-9-14-23/h6-18,21-22,27H,19-20H2,1-5H3,(H2,30,31,33). The fraction of sp³-hybridized carbons (Fsp3) is 0.345. The lowest BCUT2D eigenvalue weighted by molar-refractivity contribution is 0.222. The maximum atomic E-state index is 13.0. The van der Waals surface area contributed by atoms with Gasteiger partial charge < -0.3 is 10.6 Å². The Kier molecular flexibility index (Phi) is 8.67. The van der Waals surface area contributed by atoms with E-state index in [1.807, 2.05) is 24.3 Å². The number of carbonyl (C=O) groups is 1. The number of anilines is 1. The molecular formula is C29H37N3O. The van der Waals surface area contributed by atoms with E-state index < -0.39 is 0 Å². The molecular weight excluding hydrogens is 406 g/mol. The summed E-state index contributed by atoms with van der Waals surface area (Å²) >= 11 is 0. The van der Waals surface area contributed by atoms with Gasteiger partial charge in [0.25, 0.3) is 0 Å². The topological polar surface area (TPSA) is 44.4 Å². The highest BCUT2D eigenvalue weighted by Crippen LogP contribution is 2.32. The zero-order valence-electron chi connectivity index (χ0n) is 20.5. The molecule has 2 N–H and O–H groups in total. The number of para-hydroxylation sites is 1. The first-order valence-electron chi connectivity index (χ1n) is 11.8. The van der Waals surface area contributed by atoms with E-state index in [4.69, 9.17) is 0 Å². The molecule has 4 heteroatoms. The van der Waals surface area contributed by atoms with Crippen molar-refractivity contribution < 1.29 is 4.79 Å². The molecule has 3 aromatic rings. The van der Waals surface area contributed by atoms with Crippen LogP contribution in [0.2, 0.25) is 0 Å². The molecule has 0 aliphatic heterocycles. The predicted octanol–water partition coefficient (Wildman–Crippen LogP) is 6.93. The monoisotopic (exact) mass is 443 g/mol. The first-order valence-corrected chi connectivity index (χ1v) is 11.8. The van der Waals surface area contributed by atoms with Crippen molar-refractivity contribution in [3.63, 3.8) is 0 Å². The van der Waals surface area contributed by atoms with Crippen LogP contribution in [0.4, 0.5) is 10.5 Å². The Morgan fingerprint density at radius 1 is 0.788 bits per heavy atom. The van der Waals surface area contributed by atoms with Gasteiger partial charge >= 0.3 is 6.03 Å². The maximum absolute atomic E-state index is 13.0. The Labute approximate surface area is 199 Å². The van der Waals surface area contributed by atoms with Crippen LogP contribution in [-0.4, -0.2) is 24.5 Å². The number of carbonyl (C=O) groups excluding carboxylic acids is 1. The fourth-order valence-corrected chi connectivity index (χ4v) is 4.23. The molecule has 0 saturated carbocycles. The molecule has 33 heavy (non-hydrogen) atoms. The third kappa shape index (κ3) is 6.69. The lowest BCUT2D eigenvalue weighted by Crippen LogP contribution is -2.38. The van der Waals surface area contributed by atoms with Crippen molar-refractivity contribution >= 4 is 11.7 Å². The van der Waals surface area contributed by atoms with Crippen molar-refractivity contribution in [2.24, 2.45) is 0 Å². The molecule has 0 fully saturated rings. The van der Waals surface area contributed by atoms with Gasteiger partial charge in [0.1, 0.15) is 0 Å². The molecule has 0 spiro atoms. The molecule has 0 aliphatic carbocycles. The molecule has 3 rings (SSSR count). The number of amides is 2. The Balaban J connectivity index is 1.75. The van der Waals surface area contributed by atoms with Gasteiger partial charge in [-0.05, 0) is 41.1 Å². The van der Waals surface area contributed by atoms with Crippen molar-refractivity contribution in [1.82, 2.24) is 10.2 Å². The van der Waals surface area contributed by atoms with Gasteiger partial charge in [0.05, 0.1) is 6.04 Å². The van der Waals surface area contributed by atoms with Crippen LogP contribution >= 0.6 is 0 Å². The first kappa shape index (κ1) is 24.5. The number of hydrogen-bond donors (Lipinski definition) is 2. The summed E-state index contributed by atoms with van der Waals surface area (Å²) in [5, 5.41) is 6.31. The summed E-state index contributed by atoms with van der Waals surface area (Å²) in [6, 6.07) is 27.0. The highest BCUT2D eigenvalue weighted by atomic mass is 16.2. The van der Waals surface area contributed by atoms with Crippen LogP contribution in [0.1, 0.15) is 67.8 Å². The second-order valence-corrected chi connectivity index (χ2v) is 9.28. The lowest BCUT2D eigenvalue weighted by atomic mass is 9.93. The summed E-state index contributed by atoms with van der Waals surface area (Å²) in [5.74, 6) is 0.654. The summed E-state index contributed by atoms with van der Waals surface area (Å²) in [4.78, 5) is 15.3. The van der Waals surface area contributed by atoms with Crippen LogP contribution < -0.4 is 10.6 Å². The highest BCUT2D eigenvalue weighted by Gasteiger charge is 2.20. The number of likely N-dealkylation sites (N-methyl/N-ethyl adjacent to an activating group) is 1. The molecule has 3 aromatic carbocycles. The summed E-state index contributed by atoms with van der Waals surface area (Å²) in [5.41, 5.74) is 5.70. The molecule has 4 nitrogen and oxygen atoms in total. The van der Waals surface area contributed by atoms with E-state index in [9.17, 15) is 4.79 Å². The Hall–Kier alpha value is -3.11. The Morgan fingerprint density at radius 2 is 1.33 bits per heavy atom. The Bertz CT molecular complexity index is 989. The molecule has 1 atom stereocenters. The number of nitrogens with one attached hydrogen (secondary N) is 2. The van der Waals surface area contributed by atoms with E-state index in [0.717, 1.165) is 23.4 Å². The number of urea groups is 1. The molecule has 174 valence electrons. The van der Waals surface area contributed by atoms with E-state index in [1.165, 1.54) is 11.1 Å². The molecule has 0 aromatic heterocycles. The smallest absolute Gasteiger partial charge is 0.319 e. The van der Waals surface area contributed by atoms with Crippen molar-refractivity contribution in [3.8, 4) is 0 Å². The van der Waals surface area contributed by atoms with Crippen LogP contribution in [0, 0.1) is 0 Å². The Morgan fingerprint density at radius 3 is 1.88 bits per heavy atom. The quantitative estimate of drug-likeness (QED) is 0.377. The lowest BCUT2D eigenvalue weighted by Gasteiger charge is -2.29. The normalized spacial score (nSPS) is 12.2. The van der Waals surface area contributed by atoms with Gasteiger partial charge in [-0.2, -0.15) is 0 Å². The number of rotatable bonds is 9. The van der Waals surface area contributed by atoms with E-state index in [1.54, 1.807) is 0 Å². The molecule has 1 unspecified atom stereocenters. The summed E-state index contributed by atoms with van der Waals surface area (Å²) in [7, 11) is 2.11. The number of nitrogens with zero attached hydrogens (tertiary/aromatic N) is 1. The van der Waals surface area contributed by atoms with Crippen molar-refractivity contribution in [2.45, 2.75) is 52.1 Å². The van der Waals surface area contributed by atoms with Crippen LogP contribution in [0.15, 0.2) is 78.9 Å². The van der Waals surface area contributed by atoms with E-state index in [0.29, 0.717) is 18.4 Å². The average Bonchev–Trinajstić information content (AvgIpc) is 2.80. The average molecular weight is 444 g/mol. The minimum atomic E-state index is -0.168. The first-order chi connectivity index (χ1) is 15.9. The zero-order chi connectivity index (χ0) is 23.8. The van der Waals surface area contributed by atoms with Crippen molar-refractivity contribution in [2.75, 3.05) is 18.9 Å². The molecule has 2 amide bonds. The molecule has 0 heterocycles. The van der Waals surface area contributed by atoms with E-state index in [2.05, 4.69) is 105 Å². The SMILES string of the molecule is CC(C)c1cccc(C(C)C)c1NC(=O)NCC(c1ccccc1)N(C)Cc1ccccc1. The second-order valence-electron chi connectivity index (χ2n) is 9.28. The zero-order valence-corrected chi connectivity index (χ0v) is 20.5. The second kappa shape index (κ2) is 11.7. The summed E-state index contributed by atoms with van der Waals surface area (Å²) in [6.45, 7) is 9.95. The predicted molar refractivity (Wildman–Crippen MR) is 139 cm³/mol. The third-order valence-corrected chi connectivity index (χ3v) is 6.06. The third-order valence-electron chi connectivity index (χ3n) is 6.06. The van der Waals surface area contributed by atoms with E-state index in [-0.39, 0.29) is 12.1 Å². The number of benzene rings is 3. The van der Waals surface area contributed by atoms with Gasteiger partial charge in [0.2, 0.25) is 0 Å². The highest BCUT2D eigenvalue weighted by molar-refractivity contribution is 5.91. The molecule has 0 bridgehead atoms. The van der Waals surface area contributed by atoms with Crippen LogP contribution in [0.3, 0.4) is 0 Å². The molecule has 0 saturated heterocycles. The van der Waals surface area contributed by atoms with Crippen molar-refractivity contribution in [1.29, 1.82) is 0 Å². The van der Waals surface area contributed by atoms with Crippen molar-refractivity contribution in [3.05, 3.63) is 101 Å². The molecule has 0 aliphatic rings. The fourth-order valence-electron chi connectivity index (χ4n) is 4.23. The minimum absolute atomic E-state index is 0.0575. The van der Waals surface area contributed by atoms with E-state index >= 15 is 0 Å². The van der Waals surface area contributed by atoms with Gasteiger partial charge in [0, 0.05) is 18.8 Å². The summed E-state index contributed by atoms with van der Waals surface area (Å²) in [6.07, 6.45) is 0. The number of hydrogen-bond acceptors (Lipinski definition) is 2. The maximum Gasteiger partial charge on any atom is 0.319 e. The largest absolute Gasteiger partial charge is 0.336 e. The summed E-state index contributed by atoms with van der Waals surface area (Å²) < 4.78 is 0. The van der Waals surface area contributed by atoms with Crippen LogP contribution in [0.5, 0.6) is 0 Å². The van der Waals surface area contributed by atoms with Crippen LogP contribution in [0.25, 0.3) is 0 Å².